The third kappa shape index (κ3) is 5.50. The maximum absolute atomic E-state index is 5.25. The maximum atomic E-state index is 5.25. The standard InChI is InChI=1S/C13H25N3S/c1-3-5-6-7-9-12(4-2)15-16-11-8-10-14-13(16)17/h8,11-12,15H,3-7,9-10H2,1-2H3,(H,14,17). The lowest BCUT2D eigenvalue weighted by molar-refractivity contribution is 0.299. The summed E-state index contributed by atoms with van der Waals surface area (Å²) in [4.78, 5) is 0. The van der Waals surface area contributed by atoms with Gasteiger partial charge in [-0.15, -0.1) is 0 Å². The Balaban J connectivity index is 2.27. The molecule has 0 amide bonds. The molecule has 1 aliphatic rings. The van der Waals surface area contributed by atoms with Crippen molar-refractivity contribution in [2.24, 2.45) is 0 Å². The fraction of sp³-hybridized carbons (Fsp3) is 0.769. The predicted molar refractivity (Wildman–Crippen MR) is 77.6 cm³/mol. The lowest BCUT2D eigenvalue weighted by Crippen LogP contribution is -2.50. The maximum Gasteiger partial charge on any atom is 0.187 e. The van der Waals surface area contributed by atoms with Gasteiger partial charge in [-0.1, -0.05) is 39.5 Å². The second-order valence-corrected chi connectivity index (χ2v) is 4.91. The van der Waals surface area contributed by atoms with Crippen molar-refractivity contribution in [1.82, 2.24) is 15.8 Å². The molecular weight excluding hydrogens is 230 g/mol. The molecule has 0 aromatic heterocycles. The van der Waals surface area contributed by atoms with Gasteiger partial charge in [0.25, 0.3) is 0 Å². The molecule has 17 heavy (non-hydrogen) atoms. The fourth-order valence-corrected chi connectivity index (χ4v) is 2.13. The summed E-state index contributed by atoms with van der Waals surface area (Å²) in [6, 6.07) is 0.523. The molecule has 3 nitrogen and oxygen atoms in total. The summed E-state index contributed by atoms with van der Waals surface area (Å²) in [6.45, 7) is 5.31. The van der Waals surface area contributed by atoms with Crippen LogP contribution in [0.1, 0.15) is 52.4 Å². The third-order valence-corrected chi connectivity index (χ3v) is 3.41. The van der Waals surface area contributed by atoms with Gasteiger partial charge in [0.15, 0.2) is 5.11 Å². The van der Waals surface area contributed by atoms with E-state index in [0.29, 0.717) is 6.04 Å². The molecule has 0 aromatic carbocycles. The van der Waals surface area contributed by atoms with Crippen LogP contribution in [-0.4, -0.2) is 22.7 Å². The van der Waals surface area contributed by atoms with Gasteiger partial charge in [0, 0.05) is 18.8 Å². The Kier molecular flexibility index (Phi) is 7.21. The largest absolute Gasteiger partial charge is 0.358 e. The summed E-state index contributed by atoms with van der Waals surface area (Å²) in [5, 5.41) is 5.86. The van der Waals surface area contributed by atoms with Crippen molar-refractivity contribution in [2.75, 3.05) is 6.54 Å². The molecule has 0 saturated heterocycles. The summed E-state index contributed by atoms with van der Waals surface area (Å²) in [6.07, 6.45) is 11.8. The van der Waals surface area contributed by atoms with Gasteiger partial charge in [-0.25, -0.2) is 5.43 Å². The predicted octanol–water partition coefficient (Wildman–Crippen LogP) is 2.94. The van der Waals surface area contributed by atoms with Crippen molar-refractivity contribution < 1.29 is 0 Å². The zero-order valence-electron chi connectivity index (χ0n) is 11.0. The second kappa shape index (κ2) is 8.48. The van der Waals surface area contributed by atoms with Crippen LogP contribution in [0.5, 0.6) is 0 Å². The van der Waals surface area contributed by atoms with E-state index in [2.05, 4.69) is 30.7 Å². The Hall–Kier alpha value is -0.610. The van der Waals surface area contributed by atoms with E-state index >= 15 is 0 Å². The summed E-state index contributed by atoms with van der Waals surface area (Å²) in [5.41, 5.74) is 3.48. The molecule has 1 rings (SSSR count). The molecule has 0 aliphatic carbocycles. The van der Waals surface area contributed by atoms with Crippen LogP contribution in [0.15, 0.2) is 12.3 Å². The molecular formula is C13H25N3S. The number of rotatable bonds is 8. The van der Waals surface area contributed by atoms with Gasteiger partial charge in [0.1, 0.15) is 0 Å². The lowest BCUT2D eigenvalue weighted by atomic mass is 10.1. The Morgan fingerprint density at radius 1 is 1.41 bits per heavy atom. The number of unbranched alkanes of at least 4 members (excludes halogenated alkanes) is 3. The highest BCUT2D eigenvalue weighted by Gasteiger charge is 2.13. The molecule has 0 saturated carbocycles. The number of hydrogen-bond donors (Lipinski definition) is 2. The Labute approximate surface area is 111 Å². The number of nitrogens with zero attached hydrogens (tertiary/aromatic N) is 1. The highest BCUT2D eigenvalue weighted by atomic mass is 32.1. The molecule has 4 heteroatoms. The Morgan fingerprint density at radius 3 is 2.88 bits per heavy atom. The fourth-order valence-electron chi connectivity index (χ4n) is 1.93. The quantitative estimate of drug-likeness (QED) is 0.515. The first-order chi connectivity index (χ1) is 8.27. The summed E-state index contributed by atoms with van der Waals surface area (Å²) in [5.74, 6) is 0. The van der Waals surface area contributed by atoms with Crippen molar-refractivity contribution >= 4 is 17.3 Å². The zero-order chi connectivity index (χ0) is 12.5. The number of hydrazine groups is 1. The topological polar surface area (TPSA) is 27.3 Å². The van der Waals surface area contributed by atoms with Crippen LogP contribution >= 0.6 is 12.2 Å². The van der Waals surface area contributed by atoms with Crippen molar-refractivity contribution in [3.63, 3.8) is 0 Å². The van der Waals surface area contributed by atoms with E-state index < -0.39 is 0 Å². The van der Waals surface area contributed by atoms with E-state index in [9.17, 15) is 0 Å². The summed E-state index contributed by atoms with van der Waals surface area (Å²) in [7, 11) is 0. The van der Waals surface area contributed by atoms with E-state index in [-0.39, 0.29) is 0 Å². The molecule has 98 valence electrons. The minimum absolute atomic E-state index is 0.523. The minimum Gasteiger partial charge on any atom is -0.358 e. The van der Waals surface area contributed by atoms with E-state index in [4.69, 9.17) is 12.2 Å². The first-order valence-electron chi connectivity index (χ1n) is 6.77. The highest BCUT2D eigenvalue weighted by Crippen LogP contribution is 2.09. The van der Waals surface area contributed by atoms with Gasteiger partial charge in [-0.2, -0.15) is 0 Å². The smallest absolute Gasteiger partial charge is 0.187 e. The van der Waals surface area contributed by atoms with E-state index in [0.717, 1.165) is 18.1 Å². The lowest BCUT2D eigenvalue weighted by Gasteiger charge is -2.30. The SMILES string of the molecule is CCCCCCC(CC)NN1C=CCNC1=S. The molecule has 2 N–H and O–H groups in total. The zero-order valence-corrected chi connectivity index (χ0v) is 11.9. The summed E-state index contributed by atoms with van der Waals surface area (Å²) >= 11 is 5.25. The van der Waals surface area contributed by atoms with Crippen LogP contribution in [-0.2, 0) is 0 Å². The molecule has 0 fully saturated rings. The van der Waals surface area contributed by atoms with Gasteiger partial charge in [-0.05, 0) is 31.1 Å². The van der Waals surface area contributed by atoms with Crippen LogP contribution < -0.4 is 10.7 Å². The molecule has 1 aliphatic heterocycles. The Bertz CT molecular complexity index is 253. The normalized spacial score (nSPS) is 17.1. The van der Waals surface area contributed by atoms with Crippen molar-refractivity contribution in [2.45, 2.75) is 58.4 Å². The Morgan fingerprint density at radius 2 is 2.24 bits per heavy atom. The second-order valence-electron chi connectivity index (χ2n) is 4.52. The van der Waals surface area contributed by atoms with Crippen molar-refractivity contribution in [3.05, 3.63) is 12.3 Å². The van der Waals surface area contributed by atoms with Crippen LogP contribution in [0.2, 0.25) is 0 Å². The van der Waals surface area contributed by atoms with E-state index in [1.165, 1.54) is 32.1 Å². The average Bonchev–Trinajstić information content (AvgIpc) is 2.35. The van der Waals surface area contributed by atoms with E-state index in [1.54, 1.807) is 0 Å². The van der Waals surface area contributed by atoms with Crippen LogP contribution in [0.25, 0.3) is 0 Å². The molecule has 1 unspecified atom stereocenters. The monoisotopic (exact) mass is 255 g/mol. The molecule has 1 atom stereocenters. The molecule has 0 aromatic rings. The number of hydrogen-bond acceptors (Lipinski definition) is 2. The van der Waals surface area contributed by atoms with Gasteiger partial charge >= 0.3 is 0 Å². The number of nitrogens with one attached hydrogen (secondary N) is 2. The molecule has 0 bridgehead atoms. The van der Waals surface area contributed by atoms with E-state index in [1.807, 2.05) is 11.2 Å². The third-order valence-electron chi connectivity index (χ3n) is 3.07. The molecule has 0 spiro atoms. The average molecular weight is 255 g/mol. The van der Waals surface area contributed by atoms with Crippen LogP contribution in [0.4, 0.5) is 0 Å². The minimum atomic E-state index is 0.523. The van der Waals surface area contributed by atoms with Crippen LogP contribution in [0.3, 0.4) is 0 Å². The summed E-state index contributed by atoms with van der Waals surface area (Å²) < 4.78 is 0. The molecule has 1 heterocycles. The number of thiocarbonyl (C=S) groups is 1. The van der Waals surface area contributed by atoms with Crippen molar-refractivity contribution in [3.8, 4) is 0 Å². The van der Waals surface area contributed by atoms with Crippen LogP contribution in [0, 0.1) is 0 Å². The van der Waals surface area contributed by atoms with Gasteiger partial charge in [0.2, 0.25) is 0 Å². The highest BCUT2D eigenvalue weighted by molar-refractivity contribution is 7.80. The van der Waals surface area contributed by atoms with Gasteiger partial charge in [-0.3, -0.25) is 5.01 Å². The van der Waals surface area contributed by atoms with Crippen molar-refractivity contribution in [1.29, 1.82) is 0 Å². The van der Waals surface area contributed by atoms with Gasteiger partial charge in [0.05, 0.1) is 0 Å². The first kappa shape index (κ1) is 14.5. The first-order valence-corrected chi connectivity index (χ1v) is 7.18. The van der Waals surface area contributed by atoms with Gasteiger partial charge < -0.3 is 5.32 Å². The molecule has 0 radical (unpaired) electrons.